The van der Waals surface area contributed by atoms with E-state index in [4.69, 9.17) is 4.74 Å². The van der Waals surface area contributed by atoms with E-state index >= 15 is 0 Å². The summed E-state index contributed by atoms with van der Waals surface area (Å²) in [6, 6.07) is 14.7. The van der Waals surface area contributed by atoms with Crippen molar-refractivity contribution in [3.05, 3.63) is 64.1 Å². The topological polar surface area (TPSA) is 60.2 Å². The monoisotopic (exact) mass is 440 g/mol. The Morgan fingerprint density at radius 2 is 1.93 bits per heavy atom. The van der Waals surface area contributed by atoms with Crippen LogP contribution in [0.3, 0.4) is 0 Å². The molecule has 1 saturated heterocycles. The number of hydrogen-bond acceptors (Lipinski definition) is 6. The number of thioether (sulfide) groups is 1. The van der Waals surface area contributed by atoms with Gasteiger partial charge in [-0.15, -0.1) is 21.5 Å². The van der Waals surface area contributed by atoms with Gasteiger partial charge in [0.05, 0.1) is 13.2 Å². The number of hydrogen-bond donors (Lipinski definition) is 0. The van der Waals surface area contributed by atoms with Gasteiger partial charge in [-0.05, 0) is 29.9 Å². The largest absolute Gasteiger partial charge is 0.378 e. The van der Waals surface area contributed by atoms with Gasteiger partial charge in [0, 0.05) is 30.4 Å². The normalized spacial score (nSPS) is 17.8. The molecule has 1 atom stereocenters. The fourth-order valence-corrected chi connectivity index (χ4v) is 5.63. The molecule has 3 aromatic rings. The van der Waals surface area contributed by atoms with Crippen molar-refractivity contribution in [2.45, 2.75) is 35.7 Å². The Morgan fingerprint density at radius 1 is 1.13 bits per heavy atom. The molecule has 156 valence electrons. The van der Waals surface area contributed by atoms with E-state index in [1.807, 2.05) is 35.2 Å². The molecule has 2 aliphatic rings. The molecule has 0 bridgehead atoms. The first-order valence-electron chi connectivity index (χ1n) is 10.3. The van der Waals surface area contributed by atoms with Crippen LogP contribution >= 0.6 is 23.1 Å². The van der Waals surface area contributed by atoms with Crippen molar-refractivity contribution in [3.63, 3.8) is 0 Å². The highest BCUT2D eigenvalue weighted by Gasteiger charge is 2.34. The van der Waals surface area contributed by atoms with Gasteiger partial charge < -0.3 is 14.2 Å². The summed E-state index contributed by atoms with van der Waals surface area (Å²) < 4.78 is 7.71. The van der Waals surface area contributed by atoms with Gasteiger partial charge in [-0.25, -0.2) is 0 Å². The quantitative estimate of drug-likeness (QED) is 0.521. The van der Waals surface area contributed by atoms with E-state index in [1.165, 1.54) is 16.6 Å². The first-order chi connectivity index (χ1) is 14.8. The molecule has 30 heavy (non-hydrogen) atoms. The number of rotatable bonds is 7. The maximum absolute atomic E-state index is 13.5. The van der Waals surface area contributed by atoms with E-state index in [1.54, 1.807) is 11.3 Å². The number of aromatic nitrogens is 3. The number of thiophene rings is 1. The van der Waals surface area contributed by atoms with Crippen LogP contribution in [0.15, 0.2) is 53.0 Å². The van der Waals surface area contributed by atoms with E-state index in [9.17, 15) is 4.79 Å². The molecule has 6 nitrogen and oxygen atoms in total. The molecule has 2 aromatic heterocycles. The number of carbonyl (C=O) groups excluding carboxylic acids is 1. The predicted molar refractivity (Wildman–Crippen MR) is 118 cm³/mol. The lowest BCUT2D eigenvalue weighted by Gasteiger charge is -2.30. The van der Waals surface area contributed by atoms with Crippen LogP contribution in [0.2, 0.25) is 0 Å². The fourth-order valence-electron chi connectivity index (χ4n) is 3.72. The standard InChI is InChI=1S/C22H24N4O2S2/c27-21(25-10-12-28-13-11-25)20(16-5-2-1-3-6-16)30-22-24-23-19(26(22)17-8-9-17)15-18-7-4-14-29-18/h1-7,14,17,20H,8-13,15H2/t20-/m0/s1. The molecular weight excluding hydrogens is 416 g/mol. The molecule has 0 unspecified atom stereocenters. The minimum absolute atomic E-state index is 0.125. The number of benzene rings is 1. The van der Waals surface area contributed by atoms with Crippen LogP contribution in [0.5, 0.6) is 0 Å². The highest BCUT2D eigenvalue weighted by atomic mass is 32.2. The van der Waals surface area contributed by atoms with E-state index in [2.05, 4.69) is 32.3 Å². The van der Waals surface area contributed by atoms with Gasteiger partial charge in [-0.3, -0.25) is 4.79 Å². The van der Waals surface area contributed by atoms with Gasteiger partial charge in [-0.2, -0.15) is 0 Å². The zero-order chi connectivity index (χ0) is 20.3. The summed E-state index contributed by atoms with van der Waals surface area (Å²) in [6.07, 6.45) is 3.09. The third kappa shape index (κ3) is 4.31. The number of nitrogens with zero attached hydrogens (tertiary/aromatic N) is 4. The van der Waals surface area contributed by atoms with Crippen molar-refractivity contribution >= 4 is 29.0 Å². The fraction of sp³-hybridized carbons (Fsp3) is 0.409. The molecular formula is C22H24N4O2S2. The Morgan fingerprint density at radius 3 is 2.63 bits per heavy atom. The summed E-state index contributed by atoms with van der Waals surface area (Å²) >= 11 is 3.27. The molecule has 0 spiro atoms. The highest BCUT2D eigenvalue weighted by Crippen LogP contribution is 2.43. The molecule has 1 saturated carbocycles. The molecule has 0 N–H and O–H groups in total. The molecule has 8 heteroatoms. The summed E-state index contributed by atoms with van der Waals surface area (Å²) in [6.45, 7) is 2.48. The molecule has 5 rings (SSSR count). The zero-order valence-corrected chi connectivity index (χ0v) is 18.3. The molecule has 2 fully saturated rings. The van der Waals surface area contributed by atoms with E-state index in [0.717, 1.165) is 35.8 Å². The Kier molecular flexibility index (Phi) is 5.88. The van der Waals surface area contributed by atoms with Gasteiger partial charge in [-0.1, -0.05) is 48.2 Å². The summed E-state index contributed by atoms with van der Waals surface area (Å²) in [5, 5.41) is 11.7. The first-order valence-corrected chi connectivity index (χ1v) is 12.1. The predicted octanol–water partition coefficient (Wildman–Crippen LogP) is 3.96. The lowest BCUT2D eigenvalue weighted by atomic mass is 10.1. The van der Waals surface area contributed by atoms with Crippen LogP contribution < -0.4 is 0 Å². The minimum Gasteiger partial charge on any atom is -0.378 e. The smallest absolute Gasteiger partial charge is 0.240 e. The SMILES string of the molecule is O=C([C@@H](Sc1nnc(Cc2cccs2)n1C1CC1)c1ccccc1)N1CCOCC1. The number of carbonyl (C=O) groups is 1. The van der Waals surface area contributed by atoms with Crippen molar-refractivity contribution in [1.29, 1.82) is 0 Å². The average molecular weight is 441 g/mol. The first kappa shape index (κ1) is 19.8. The molecule has 0 radical (unpaired) electrons. The molecule has 1 aromatic carbocycles. The second-order valence-corrected chi connectivity index (χ2v) is 9.71. The van der Waals surface area contributed by atoms with E-state index in [-0.39, 0.29) is 11.2 Å². The lowest BCUT2D eigenvalue weighted by molar-refractivity contribution is -0.134. The van der Waals surface area contributed by atoms with Crippen molar-refractivity contribution < 1.29 is 9.53 Å². The summed E-state index contributed by atoms with van der Waals surface area (Å²) in [7, 11) is 0. The van der Waals surface area contributed by atoms with Gasteiger partial charge in [0.1, 0.15) is 11.1 Å². The Labute approximate surface area is 184 Å². The maximum Gasteiger partial charge on any atom is 0.240 e. The van der Waals surface area contributed by atoms with Crippen LogP contribution in [-0.4, -0.2) is 51.9 Å². The number of ether oxygens (including phenoxy) is 1. The Bertz CT molecular complexity index is 980. The van der Waals surface area contributed by atoms with Crippen molar-refractivity contribution in [2.75, 3.05) is 26.3 Å². The maximum atomic E-state index is 13.5. The lowest BCUT2D eigenvalue weighted by Crippen LogP contribution is -2.42. The molecule has 1 aliphatic carbocycles. The second kappa shape index (κ2) is 8.91. The Hall–Kier alpha value is -2.16. The summed E-state index contributed by atoms with van der Waals surface area (Å²) in [5.74, 6) is 1.12. The van der Waals surface area contributed by atoms with E-state index in [0.29, 0.717) is 32.3 Å². The summed E-state index contributed by atoms with van der Waals surface area (Å²) in [5.41, 5.74) is 1.00. The minimum atomic E-state index is -0.333. The molecule has 3 heterocycles. The van der Waals surface area contributed by atoms with Crippen LogP contribution in [0.1, 0.15) is 40.4 Å². The van der Waals surface area contributed by atoms with Crippen LogP contribution in [0.25, 0.3) is 0 Å². The molecule has 1 amide bonds. The summed E-state index contributed by atoms with van der Waals surface area (Å²) in [4.78, 5) is 16.7. The van der Waals surface area contributed by atoms with Crippen molar-refractivity contribution in [2.24, 2.45) is 0 Å². The third-order valence-electron chi connectivity index (χ3n) is 5.43. The zero-order valence-electron chi connectivity index (χ0n) is 16.6. The van der Waals surface area contributed by atoms with Gasteiger partial charge in [0.15, 0.2) is 5.16 Å². The Balaban J connectivity index is 1.44. The average Bonchev–Trinajstić information content (AvgIpc) is 3.35. The highest BCUT2D eigenvalue weighted by molar-refractivity contribution is 8.00. The van der Waals surface area contributed by atoms with Gasteiger partial charge >= 0.3 is 0 Å². The second-order valence-electron chi connectivity index (χ2n) is 7.60. The number of morpholine rings is 1. The van der Waals surface area contributed by atoms with Crippen molar-refractivity contribution in [1.82, 2.24) is 19.7 Å². The van der Waals surface area contributed by atoms with Crippen LogP contribution in [-0.2, 0) is 16.0 Å². The van der Waals surface area contributed by atoms with Crippen LogP contribution in [0, 0.1) is 0 Å². The number of amides is 1. The molecule has 1 aliphatic heterocycles. The van der Waals surface area contributed by atoms with E-state index < -0.39 is 0 Å². The van der Waals surface area contributed by atoms with Gasteiger partial charge in [0.2, 0.25) is 5.91 Å². The van der Waals surface area contributed by atoms with Gasteiger partial charge in [0.25, 0.3) is 0 Å². The third-order valence-corrected chi connectivity index (χ3v) is 7.51. The van der Waals surface area contributed by atoms with Crippen LogP contribution in [0.4, 0.5) is 0 Å². The van der Waals surface area contributed by atoms with Crippen molar-refractivity contribution in [3.8, 4) is 0 Å².